The number of nitrogens with zero attached hydrogens (tertiary/aromatic N) is 2. The fourth-order valence-electron chi connectivity index (χ4n) is 1.63. The highest BCUT2D eigenvalue weighted by atomic mass is 35.5. The number of carbonyl (C=O) groups is 2. The average Bonchev–Trinajstić information content (AvgIpc) is 2.34. The number of carboxylic acid groups (broad SMARTS) is 1. The molecule has 0 aromatic heterocycles. The van der Waals surface area contributed by atoms with Crippen LogP contribution in [0.15, 0.2) is 24.3 Å². The minimum atomic E-state index is -0.919. The second kappa shape index (κ2) is 6.99. The number of carbonyl (C=O) groups excluding carboxylic acids is 1. The minimum Gasteiger partial charge on any atom is -0.481 e. The van der Waals surface area contributed by atoms with Gasteiger partial charge in [0.2, 0.25) is 0 Å². The summed E-state index contributed by atoms with van der Waals surface area (Å²) in [6, 6.07) is 7.05. The molecule has 0 heterocycles. The van der Waals surface area contributed by atoms with E-state index in [1.54, 1.807) is 26.2 Å². The van der Waals surface area contributed by atoms with Crippen molar-refractivity contribution in [1.29, 1.82) is 0 Å². The number of halogens is 1. The highest BCUT2D eigenvalue weighted by molar-refractivity contribution is 6.30. The third-order valence-corrected chi connectivity index (χ3v) is 2.86. The summed E-state index contributed by atoms with van der Waals surface area (Å²) in [5, 5.41) is 9.21. The van der Waals surface area contributed by atoms with Crippen molar-refractivity contribution in [2.45, 2.75) is 13.0 Å². The predicted octanol–water partition coefficient (Wildman–Crippen LogP) is 2.30. The molecule has 0 unspecified atom stereocenters. The van der Waals surface area contributed by atoms with E-state index in [9.17, 15) is 9.59 Å². The number of rotatable bonds is 5. The summed E-state index contributed by atoms with van der Waals surface area (Å²) in [7, 11) is 3.25. The van der Waals surface area contributed by atoms with Gasteiger partial charge in [-0.15, -0.1) is 0 Å². The van der Waals surface area contributed by atoms with Crippen LogP contribution in [0.25, 0.3) is 0 Å². The Morgan fingerprint density at radius 2 is 1.95 bits per heavy atom. The number of benzene rings is 1. The van der Waals surface area contributed by atoms with Gasteiger partial charge >= 0.3 is 12.0 Å². The summed E-state index contributed by atoms with van der Waals surface area (Å²) < 4.78 is 0. The Morgan fingerprint density at radius 1 is 1.26 bits per heavy atom. The van der Waals surface area contributed by atoms with Gasteiger partial charge in [-0.2, -0.15) is 0 Å². The van der Waals surface area contributed by atoms with Gasteiger partial charge in [-0.1, -0.05) is 23.7 Å². The molecule has 0 aliphatic rings. The van der Waals surface area contributed by atoms with Crippen LogP contribution in [0.4, 0.5) is 4.79 Å². The number of amides is 2. The van der Waals surface area contributed by atoms with Crippen LogP contribution in [-0.2, 0) is 11.3 Å². The Kier molecular flexibility index (Phi) is 5.63. The number of carboxylic acids is 1. The molecule has 0 atom stereocenters. The average molecular weight is 285 g/mol. The molecule has 0 radical (unpaired) electrons. The topological polar surface area (TPSA) is 60.9 Å². The summed E-state index contributed by atoms with van der Waals surface area (Å²) in [6.07, 6.45) is -0.0623. The third kappa shape index (κ3) is 5.18. The van der Waals surface area contributed by atoms with Crippen molar-refractivity contribution >= 4 is 23.6 Å². The molecule has 5 nitrogen and oxygen atoms in total. The molecule has 104 valence electrons. The van der Waals surface area contributed by atoms with Crippen molar-refractivity contribution < 1.29 is 14.7 Å². The standard InChI is InChI=1S/C13H17ClN2O3/c1-15(7-6-12(17)18)13(19)16(2)9-10-4-3-5-11(14)8-10/h3-5,8H,6-7,9H2,1-2H3,(H,17,18). The summed E-state index contributed by atoms with van der Waals surface area (Å²) in [6.45, 7) is 0.616. The second-order valence-electron chi connectivity index (χ2n) is 4.33. The first-order chi connectivity index (χ1) is 8.90. The number of aliphatic carboxylic acids is 1. The molecule has 19 heavy (non-hydrogen) atoms. The molecule has 0 aliphatic carbocycles. The van der Waals surface area contributed by atoms with Gasteiger partial charge in [0.05, 0.1) is 6.42 Å². The zero-order valence-electron chi connectivity index (χ0n) is 11.0. The minimum absolute atomic E-state index is 0.0623. The molecule has 6 heteroatoms. The highest BCUT2D eigenvalue weighted by Gasteiger charge is 2.15. The molecule has 1 aromatic rings. The smallest absolute Gasteiger partial charge is 0.319 e. The molecule has 0 fully saturated rings. The second-order valence-corrected chi connectivity index (χ2v) is 4.77. The summed E-state index contributed by atoms with van der Waals surface area (Å²) in [5.74, 6) is -0.919. The molecule has 1 rings (SSSR count). The van der Waals surface area contributed by atoms with Gasteiger partial charge in [0.15, 0.2) is 0 Å². The lowest BCUT2D eigenvalue weighted by Crippen LogP contribution is -2.39. The Hall–Kier alpha value is -1.75. The lowest BCUT2D eigenvalue weighted by Gasteiger charge is -2.24. The lowest BCUT2D eigenvalue weighted by atomic mass is 10.2. The van der Waals surface area contributed by atoms with Gasteiger partial charge in [-0.3, -0.25) is 4.79 Å². The van der Waals surface area contributed by atoms with E-state index in [1.165, 1.54) is 9.80 Å². The van der Waals surface area contributed by atoms with Crippen molar-refractivity contribution in [3.8, 4) is 0 Å². The van der Waals surface area contributed by atoms with Crippen LogP contribution < -0.4 is 0 Å². The molecule has 0 aliphatic heterocycles. The summed E-state index contributed by atoms with van der Waals surface area (Å²) in [5.41, 5.74) is 0.926. The maximum atomic E-state index is 12.0. The highest BCUT2D eigenvalue weighted by Crippen LogP contribution is 2.12. The first-order valence-electron chi connectivity index (χ1n) is 5.82. The maximum absolute atomic E-state index is 12.0. The number of urea groups is 1. The van der Waals surface area contributed by atoms with Gasteiger partial charge in [0, 0.05) is 32.2 Å². The molecule has 2 amide bonds. The molecule has 0 saturated heterocycles. The van der Waals surface area contributed by atoms with E-state index in [4.69, 9.17) is 16.7 Å². The van der Waals surface area contributed by atoms with Crippen LogP contribution in [0.5, 0.6) is 0 Å². The first kappa shape index (κ1) is 15.3. The molecule has 1 N–H and O–H groups in total. The van der Waals surface area contributed by atoms with Crippen molar-refractivity contribution in [3.05, 3.63) is 34.9 Å². The van der Waals surface area contributed by atoms with Gasteiger partial charge in [0.25, 0.3) is 0 Å². The van der Waals surface area contributed by atoms with E-state index in [1.807, 2.05) is 12.1 Å². The maximum Gasteiger partial charge on any atom is 0.319 e. The van der Waals surface area contributed by atoms with Crippen molar-refractivity contribution in [1.82, 2.24) is 9.80 Å². The van der Waals surface area contributed by atoms with Crippen molar-refractivity contribution in [2.24, 2.45) is 0 Å². The quantitative estimate of drug-likeness (QED) is 0.902. The van der Waals surface area contributed by atoms with Crippen LogP contribution in [0.2, 0.25) is 5.02 Å². The Bertz CT molecular complexity index is 465. The van der Waals surface area contributed by atoms with Gasteiger partial charge in [-0.25, -0.2) is 4.79 Å². The zero-order valence-corrected chi connectivity index (χ0v) is 11.7. The third-order valence-electron chi connectivity index (χ3n) is 2.62. The van der Waals surface area contributed by atoms with Crippen LogP contribution in [0, 0.1) is 0 Å². The van der Waals surface area contributed by atoms with Crippen molar-refractivity contribution in [2.75, 3.05) is 20.6 Å². The van der Waals surface area contributed by atoms with E-state index >= 15 is 0 Å². The largest absolute Gasteiger partial charge is 0.481 e. The SMILES string of the molecule is CN(CCC(=O)O)C(=O)N(C)Cc1cccc(Cl)c1. The molecular formula is C13H17ClN2O3. The lowest BCUT2D eigenvalue weighted by molar-refractivity contribution is -0.137. The summed E-state index contributed by atoms with van der Waals surface area (Å²) >= 11 is 5.88. The molecule has 0 bridgehead atoms. The van der Waals surface area contributed by atoms with Gasteiger partial charge < -0.3 is 14.9 Å². The number of hydrogen-bond acceptors (Lipinski definition) is 2. The zero-order chi connectivity index (χ0) is 14.4. The molecular weight excluding hydrogens is 268 g/mol. The monoisotopic (exact) mass is 284 g/mol. The van der Waals surface area contributed by atoms with E-state index in [0.29, 0.717) is 11.6 Å². The van der Waals surface area contributed by atoms with Crippen LogP contribution in [0.3, 0.4) is 0 Å². The van der Waals surface area contributed by atoms with E-state index in [-0.39, 0.29) is 19.0 Å². The van der Waals surface area contributed by atoms with Crippen molar-refractivity contribution in [3.63, 3.8) is 0 Å². The van der Waals surface area contributed by atoms with Crippen LogP contribution in [0.1, 0.15) is 12.0 Å². The Morgan fingerprint density at radius 3 is 2.53 bits per heavy atom. The Balaban J connectivity index is 2.54. The fraction of sp³-hybridized carbons (Fsp3) is 0.385. The number of hydrogen-bond donors (Lipinski definition) is 1. The van der Waals surface area contributed by atoms with Crippen LogP contribution >= 0.6 is 11.6 Å². The summed E-state index contributed by atoms with van der Waals surface area (Å²) in [4.78, 5) is 25.3. The Labute approximate surface area is 117 Å². The first-order valence-corrected chi connectivity index (χ1v) is 6.20. The van der Waals surface area contributed by atoms with E-state index in [0.717, 1.165) is 5.56 Å². The normalized spacial score (nSPS) is 10.1. The van der Waals surface area contributed by atoms with Crippen LogP contribution in [-0.4, -0.2) is 47.5 Å². The van der Waals surface area contributed by atoms with Gasteiger partial charge in [0.1, 0.15) is 0 Å². The van der Waals surface area contributed by atoms with E-state index in [2.05, 4.69) is 0 Å². The van der Waals surface area contributed by atoms with E-state index < -0.39 is 5.97 Å². The molecule has 1 aromatic carbocycles. The predicted molar refractivity (Wildman–Crippen MR) is 73.2 cm³/mol. The molecule has 0 spiro atoms. The fourth-order valence-corrected chi connectivity index (χ4v) is 1.84. The molecule has 0 saturated carbocycles. The van der Waals surface area contributed by atoms with Gasteiger partial charge in [-0.05, 0) is 17.7 Å².